The number of para-hydroxylation sites is 2. The molecule has 0 bridgehead atoms. The van der Waals surface area contributed by atoms with Crippen LogP contribution in [0.15, 0.2) is 24.3 Å². The van der Waals surface area contributed by atoms with Gasteiger partial charge in [0.1, 0.15) is 0 Å². The molecule has 2 heteroatoms. The topological polar surface area (TPSA) is 15.3 Å². The average Bonchev–Trinajstić information content (AvgIpc) is 3.24. The molecule has 1 N–H and O–H groups in total. The normalized spacial score (nSPS) is 29.6. The van der Waals surface area contributed by atoms with Gasteiger partial charge in [0.05, 0.1) is 11.4 Å². The van der Waals surface area contributed by atoms with Crippen LogP contribution in [0.5, 0.6) is 0 Å². The maximum atomic E-state index is 3.90. The molecule has 2 saturated carbocycles. The fraction of sp³-hybridized carbons (Fsp3) is 0.684. The van der Waals surface area contributed by atoms with E-state index in [1.807, 2.05) is 0 Å². The predicted octanol–water partition coefficient (Wildman–Crippen LogP) is 4.67. The fourth-order valence-corrected chi connectivity index (χ4v) is 4.40. The van der Waals surface area contributed by atoms with Crippen LogP contribution in [0.3, 0.4) is 0 Å². The molecule has 0 amide bonds. The van der Waals surface area contributed by atoms with Crippen LogP contribution in [0.4, 0.5) is 11.4 Å². The number of nitrogens with zero attached hydrogens (tertiary/aromatic N) is 1. The number of hydrogen-bond donors (Lipinski definition) is 1. The molecule has 1 saturated heterocycles. The van der Waals surface area contributed by atoms with Crippen molar-refractivity contribution in [3.63, 3.8) is 0 Å². The number of benzene rings is 1. The lowest BCUT2D eigenvalue weighted by atomic mass is 9.82. The van der Waals surface area contributed by atoms with Gasteiger partial charge >= 0.3 is 0 Å². The SMILES string of the molecule is c1ccc(N2CCCC2)c(NC2CCCC(C3CC3)C2)c1. The summed E-state index contributed by atoms with van der Waals surface area (Å²) in [6, 6.07) is 9.66. The van der Waals surface area contributed by atoms with Crippen molar-refractivity contribution in [1.29, 1.82) is 0 Å². The first kappa shape index (κ1) is 13.5. The molecule has 1 aromatic rings. The summed E-state index contributed by atoms with van der Waals surface area (Å²) in [6.07, 6.45) is 11.4. The van der Waals surface area contributed by atoms with Gasteiger partial charge < -0.3 is 10.2 Å². The first-order valence-electron chi connectivity index (χ1n) is 9.00. The second-order valence-electron chi connectivity index (χ2n) is 7.32. The Balaban J connectivity index is 1.46. The summed E-state index contributed by atoms with van der Waals surface area (Å²) in [7, 11) is 0. The van der Waals surface area contributed by atoms with E-state index in [-0.39, 0.29) is 0 Å². The number of rotatable bonds is 4. The molecule has 21 heavy (non-hydrogen) atoms. The summed E-state index contributed by atoms with van der Waals surface area (Å²) in [5.74, 6) is 2.08. The van der Waals surface area contributed by atoms with Gasteiger partial charge in [-0.1, -0.05) is 25.0 Å². The monoisotopic (exact) mass is 284 g/mol. The Morgan fingerprint density at radius 2 is 1.67 bits per heavy atom. The highest BCUT2D eigenvalue weighted by molar-refractivity contribution is 5.70. The minimum atomic E-state index is 0.702. The van der Waals surface area contributed by atoms with Crippen LogP contribution in [0.25, 0.3) is 0 Å². The maximum absolute atomic E-state index is 3.90. The van der Waals surface area contributed by atoms with Crippen molar-refractivity contribution in [3.8, 4) is 0 Å². The third kappa shape index (κ3) is 3.04. The zero-order chi connectivity index (χ0) is 14.1. The Hall–Kier alpha value is -1.18. The fourth-order valence-electron chi connectivity index (χ4n) is 4.40. The molecule has 1 aromatic carbocycles. The van der Waals surface area contributed by atoms with E-state index in [9.17, 15) is 0 Å². The largest absolute Gasteiger partial charge is 0.381 e. The Morgan fingerprint density at radius 1 is 0.857 bits per heavy atom. The zero-order valence-corrected chi connectivity index (χ0v) is 13.1. The Morgan fingerprint density at radius 3 is 2.48 bits per heavy atom. The molecule has 114 valence electrons. The highest BCUT2D eigenvalue weighted by Gasteiger charge is 2.34. The van der Waals surface area contributed by atoms with Crippen LogP contribution in [-0.2, 0) is 0 Å². The van der Waals surface area contributed by atoms with Crippen molar-refractivity contribution >= 4 is 11.4 Å². The van der Waals surface area contributed by atoms with Gasteiger partial charge in [-0.2, -0.15) is 0 Å². The van der Waals surface area contributed by atoms with Crippen molar-refractivity contribution in [2.24, 2.45) is 11.8 Å². The van der Waals surface area contributed by atoms with Gasteiger partial charge in [-0.15, -0.1) is 0 Å². The van der Waals surface area contributed by atoms with Gasteiger partial charge in [-0.25, -0.2) is 0 Å². The lowest BCUT2D eigenvalue weighted by Crippen LogP contribution is -2.29. The first-order valence-corrected chi connectivity index (χ1v) is 9.00. The van der Waals surface area contributed by atoms with Gasteiger partial charge in [0.25, 0.3) is 0 Å². The van der Waals surface area contributed by atoms with E-state index in [2.05, 4.69) is 34.5 Å². The molecule has 4 rings (SSSR count). The van der Waals surface area contributed by atoms with Crippen LogP contribution in [-0.4, -0.2) is 19.1 Å². The molecule has 2 unspecified atom stereocenters. The van der Waals surface area contributed by atoms with Gasteiger partial charge in [-0.3, -0.25) is 0 Å². The summed E-state index contributed by atoms with van der Waals surface area (Å²) in [4.78, 5) is 2.56. The molecule has 0 radical (unpaired) electrons. The van der Waals surface area contributed by atoms with E-state index in [0.717, 1.165) is 11.8 Å². The van der Waals surface area contributed by atoms with Crippen LogP contribution in [0, 0.1) is 11.8 Å². The van der Waals surface area contributed by atoms with Gasteiger partial charge in [0.2, 0.25) is 0 Å². The number of anilines is 2. The quantitative estimate of drug-likeness (QED) is 0.864. The van der Waals surface area contributed by atoms with Gasteiger partial charge in [0, 0.05) is 19.1 Å². The minimum Gasteiger partial charge on any atom is -0.381 e. The van der Waals surface area contributed by atoms with E-state index < -0.39 is 0 Å². The van der Waals surface area contributed by atoms with Crippen LogP contribution in [0.2, 0.25) is 0 Å². The Kier molecular flexibility index (Phi) is 3.79. The minimum absolute atomic E-state index is 0.702. The maximum Gasteiger partial charge on any atom is 0.0602 e. The van der Waals surface area contributed by atoms with Crippen LogP contribution < -0.4 is 10.2 Å². The molecule has 2 aliphatic carbocycles. The Labute approximate surface area is 128 Å². The molecule has 2 nitrogen and oxygen atoms in total. The molecule has 1 heterocycles. The van der Waals surface area contributed by atoms with Crippen LogP contribution in [0.1, 0.15) is 51.4 Å². The van der Waals surface area contributed by atoms with E-state index in [0.29, 0.717) is 6.04 Å². The summed E-state index contributed by atoms with van der Waals surface area (Å²) in [5.41, 5.74) is 2.81. The van der Waals surface area contributed by atoms with Gasteiger partial charge in [-0.05, 0) is 62.5 Å². The molecule has 2 atom stereocenters. The highest BCUT2D eigenvalue weighted by atomic mass is 15.2. The lowest BCUT2D eigenvalue weighted by molar-refractivity contribution is 0.303. The van der Waals surface area contributed by atoms with E-state index in [1.165, 1.54) is 75.8 Å². The first-order chi connectivity index (χ1) is 10.4. The molecular formula is C19H28N2. The van der Waals surface area contributed by atoms with Crippen molar-refractivity contribution in [1.82, 2.24) is 0 Å². The average molecular weight is 284 g/mol. The predicted molar refractivity (Wildman–Crippen MR) is 90.0 cm³/mol. The van der Waals surface area contributed by atoms with E-state index in [4.69, 9.17) is 0 Å². The standard InChI is InChI=1S/C19H28N2/c1-2-9-19(21-12-3-4-13-21)18(8-1)20-17-7-5-6-16(14-17)15-10-11-15/h1-2,8-9,15-17,20H,3-7,10-14H2. The summed E-state index contributed by atoms with van der Waals surface area (Å²) >= 11 is 0. The molecule has 3 aliphatic rings. The zero-order valence-electron chi connectivity index (χ0n) is 13.1. The van der Waals surface area contributed by atoms with Crippen molar-refractivity contribution in [2.45, 2.75) is 57.4 Å². The molecule has 0 spiro atoms. The summed E-state index contributed by atoms with van der Waals surface area (Å²) in [6.45, 7) is 2.46. The second-order valence-corrected chi connectivity index (χ2v) is 7.32. The lowest BCUT2D eigenvalue weighted by Gasteiger charge is -2.32. The highest BCUT2D eigenvalue weighted by Crippen LogP contribution is 2.44. The molecule has 0 aromatic heterocycles. The Bertz CT molecular complexity index is 474. The van der Waals surface area contributed by atoms with Crippen molar-refractivity contribution < 1.29 is 0 Å². The number of nitrogens with one attached hydrogen (secondary N) is 1. The molecular weight excluding hydrogens is 256 g/mol. The third-order valence-electron chi connectivity index (χ3n) is 5.71. The number of hydrogen-bond acceptors (Lipinski definition) is 2. The molecule has 1 aliphatic heterocycles. The molecule has 3 fully saturated rings. The van der Waals surface area contributed by atoms with E-state index >= 15 is 0 Å². The second kappa shape index (κ2) is 5.90. The summed E-state index contributed by atoms with van der Waals surface area (Å²) in [5, 5.41) is 3.90. The van der Waals surface area contributed by atoms with Crippen LogP contribution >= 0.6 is 0 Å². The van der Waals surface area contributed by atoms with Gasteiger partial charge in [0.15, 0.2) is 0 Å². The van der Waals surface area contributed by atoms with Crippen molar-refractivity contribution in [3.05, 3.63) is 24.3 Å². The summed E-state index contributed by atoms with van der Waals surface area (Å²) < 4.78 is 0. The van der Waals surface area contributed by atoms with Crippen molar-refractivity contribution in [2.75, 3.05) is 23.3 Å². The smallest absolute Gasteiger partial charge is 0.0602 e. The third-order valence-corrected chi connectivity index (χ3v) is 5.71. The van der Waals surface area contributed by atoms with E-state index in [1.54, 1.807) is 0 Å².